The first-order valence-corrected chi connectivity index (χ1v) is 8.66. The van der Waals surface area contributed by atoms with Crippen molar-refractivity contribution in [1.82, 2.24) is 9.78 Å². The molecule has 0 aliphatic carbocycles. The van der Waals surface area contributed by atoms with E-state index in [-0.39, 0.29) is 12.5 Å². The molecule has 0 saturated heterocycles. The second-order valence-electron chi connectivity index (χ2n) is 6.11. The van der Waals surface area contributed by atoms with E-state index < -0.39 is 0 Å². The lowest BCUT2D eigenvalue weighted by atomic mass is 10.2. The van der Waals surface area contributed by atoms with Crippen LogP contribution in [0, 0.1) is 25.2 Å². The Hall–Kier alpha value is -3.79. The zero-order valence-corrected chi connectivity index (χ0v) is 15.9. The second kappa shape index (κ2) is 8.27. The molecule has 7 nitrogen and oxygen atoms in total. The molecular weight excluding hydrogens is 356 g/mol. The van der Waals surface area contributed by atoms with E-state index in [0.717, 1.165) is 11.4 Å². The van der Waals surface area contributed by atoms with Crippen LogP contribution in [0.5, 0.6) is 11.5 Å². The zero-order chi connectivity index (χ0) is 20.1. The van der Waals surface area contributed by atoms with Gasteiger partial charge in [0.05, 0.1) is 41.5 Å². The Morgan fingerprint density at radius 2 is 1.93 bits per heavy atom. The van der Waals surface area contributed by atoms with Gasteiger partial charge in [0.2, 0.25) is 0 Å². The van der Waals surface area contributed by atoms with Crippen LogP contribution < -0.4 is 14.8 Å². The minimum Gasteiger partial charge on any atom is -0.493 e. The van der Waals surface area contributed by atoms with Gasteiger partial charge < -0.3 is 14.8 Å². The van der Waals surface area contributed by atoms with Crippen LogP contribution in [-0.4, -0.2) is 29.4 Å². The van der Waals surface area contributed by atoms with Crippen LogP contribution in [0.15, 0.2) is 48.5 Å². The van der Waals surface area contributed by atoms with Gasteiger partial charge in [-0.25, -0.2) is 4.68 Å². The molecule has 0 fully saturated rings. The van der Waals surface area contributed by atoms with E-state index in [1.165, 1.54) is 7.11 Å². The van der Waals surface area contributed by atoms with Crippen LogP contribution in [0.4, 0.5) is 5.69 Å². The summed E-state index contributed by atoms with van der Waals surface area (Å²) in [6.07, 6.45) is 0. The molecule has 0 atom stereocenters. The normalized spacial score (nSPS) is 10.2. The van der Waals surface area contributed by atoms with Crippen molar-refractivity contribution in [1.29, 1.82) is 5.26 Å². The molecule has 2 aromatic carbocycles. The van der Waals surface area contributed by atoms with Gasteiger partial charge in [-0.1, -0.05) is 18.2 Å². The molecule has 28 heavy (non-hydrogen) atoms. The summed E-state index contributed by atoms with van der Waals surface area (Å²) >= 11 is 0. The van der Waals surface area contributed by atoms with Crippen molar-refractivity contribution < 1.29 is 14.3 Å². The maximum atomic E-state index is 12.4. The molecule has 1 N–H and O–H groups in total. The molecule has 3 aromatic rings. The predicted octanol–water partition coefficient (Wildman–Crippen LogP) is 3.39. The monoisotopic (exact) mass is 376 g/mol. The van der Waals surface area contributed by atoms with Gasteiger partial charge in [0.1, 0.15) is 0 Å². The average Bonchev–Trinajstić information content (AvgIpc) is 3.01. The Kier molecular flexibility index (Phi) is 5.61. The molecule has 0 spiro atoms. The largest absolute Gasteiger partial charge is 0.493 e. The number of methoxy groups -OCH3 is 1. The first kappa shape index (κ1) is 19.0. The number of carbonyl (C=O) groups is 1. The summed E-state index contributed by atoms with van der Waals surface area (Å²) in [4.78, 5) is 12.4. The van der Waals surface area contributed by atoms with E-state index in [0.29, 0.717) is 28.4 Å². The number of carbonyl (C=O) groups excluding carboxylic acids is 1. The molecule has 1 amide bonds. The number of aromatic nitrogens is 2. The minimum atomic E-state index is -0.315. The predicted molar refractivity (Wildman–Crippen MR) is 105 cm³/mol. The Bertz CT molecular complexity index is 1040. The van der Waals surface area contributed by atoms with Crippen molar-refractivity contribution in [2.45, 2.75) is 13.8 Å². The first-order chi connectivity index (χ1) is 13.5. The van der Waals surface area contributed by atoms with Crippen molar-refractivity contribution in [2.75, 3.05) is 19.0 Å². The standard InChI is InChI=1S/C21H20N4O3/c1-14-21(15(2)25(24-14)17-7-5-4-6-8-17)23-20(26)13-28-18-10-9-16(12-22)11-19(18)27-3/h4-11H,13H2,1-3H3,(H,23,26). The fourth-order valence-electron chi connectivity index (χ4n) is 2.82. The van der Waals surface area contributed by atoms with Gasteiger partial charge in [-0.2, -0.15) is 10.4 Å². The number of hydrogen-bond donors (Lipinski definition) is 1. The molecule has 0 bridgehead atoms. The van der Waals surface area contributed by atoms with Crippen LogP contribution in [0.2, 0.25) is 0 Å². The van der Waals surface area contributed by atoms with Gasteiger partial charge in [0, 0.05) is 6.07 Å². The van der Waals surface area contributed by atoms with Crippen LogP contribution in [0.25, 0.3) is 5.69 Å². The topological polar surface area (TPSA) is 89.2 Å². The van der Waals surface area contributed by atoms with Crippen molar-refractivity contribution in [3.05, 3.63) is 65.5 Å². The van der Waals surface area contributed by atoms with E-state index in [1.807, 2.05) is 50.2 Å². The third-order valence-corrected chi connectivity index (χ3v) is 4.21. The Labute approximate surface area is 163 Å². The fraction of sp³-hybridized carbons (Fsp3) is 0.190. The summed E-state index contributed by atoms with van der Waals surface area (Å²) in [7, 11) is 1.48. The molecule has 0 aliphatic rings. The highest BCUT2D eigenvalue weighted by Crippen LogP contribution is 2.28. The van der Waals surface area contributed by atoms with E-state index in [4.69, 9.17) is 14.7 Å². The number of hydrogen-bond acceptors (Lipinski definition) is 5. The summed E-state index contributed by atoms with van der Waals surface area (Å²) in [5, 5.41) is 16.3. The van der Waals surface area contributed by atoms with E-state index >= 15 is 0 Å². The van der Waals surface area contributed by atoms with Crippen molar-refractivity contribution in [3.8, 4) is 23.3 Å². The maximum absolute atomic E-state index is 12.4. The van der Waals surface area contributed by atoms with Gasteiger partial charge in [-0.15, -0.1) is 0 Å². The number of para-hydroxylation sites is 1. The third kappa shape index (κ3) is 3.96. The lowest BCUT2D eigenvalue weighted by Gasteiger charge is -2.11. The number of rotatable bonds is 6. The molecule has 7 heteroatoms. The lowest BCUT2D eigenvalue weighted by molar-refractivity contribution is -0.118. The summed E-state index contributed by atoms with van der Waals surface area (Å²) in [5.74, 6) is 0.478. The van der Waals surface area contributed by atoms with Crippen LogP contribution in [-0.2, 0) is 4.79 Å². The SMILES string of the molecule is COc1cc(C#N)ccc1OCC(=O)Nc1c(C)nn(-c2ccccc2)c1C. The molecule has 3 rings (SSSR count). The molecule has 1 heterocycles. The molecule has 142 valence electrons. The summed E-state index contributed by atoms with van der Waals surface area (Å²) in [6, 6.07) is 16.5. The van der Waals surface area contributed by atoms with Gasteiger partial charge in [0.15, 0.2) is 18.1 Å². The summed E-state index contributed by atoms with van der Waals surface area (Å²) in [6.45, 7) is 3.54. The van der Waals surface area contributed by atoms with E-state index in [9.17, 15) is 4.79 Å². The number of ether oxygens (including phenoxy) is 2. The molecule has 0 radical (unpaired) electrons. The molecule has 0 unspecified atom stereocenters. The van der Waals surface area contributed by atoms with Crippen molar-refractivity contribution in [2.24, 2.45) is 0 Å². The number of anilines is 1. The molecule has 0 saturated carbocycles. The van der Waals surface area contributed by atoms with E-state index in [1.54, 1.807) is 22.9 Å². The first-order valence-electron chi connectivity index (χ1n) is 8.66. The highest BCUT2D eigenvalue weighted by molar-refractivity contribution is 5.93. The zero-order valence-electron chi connectivity index (χ0n) is 15.9. The number of benzene rings is 2. The Morgan fingerprint density at radius 1 is 1.18 bits per heavy atom. The molecular formula is C21H20N4O3. The quantitative estimate of drug-likeness (QED) is 0.712. The summed E-state index contributed by atoms with van der Waals surface area (Å²) in [5.41, 5.74) is 3.57. The smallest absolute Gasteiger partial charge is 0.262 e. The lowest BCUT2D eigenvalue weighted by Crippen LogP contribution is -2.21. The Balaban J connectivity index is 1.71. The number of aryl methyl sites for hydroxylation is 1. The second-order valence-corrected chi connectivity index (χ2v) is 6.11. The minimum absolute atomic E-state index is 0.197. The number of amides is 1. The highest BCUT2D eigenvalue weighted by atomic mass is 16.5. The number of nitrogens with zero attached hydrogens (tertiary/aromatic N) is 3. The third-order valence-electron chi connectivity index (χ3n) is 4.21. The molecule has 1 aromatic heterocycles. The molecule has 0 aliphatic heterocycles. The van der Waals surface area contributed by atoms with Gasteiger partial charge in [-0.3, -0.25) is 4.79 Å². The summed E-state index contributed by atoms with van der Waals surface area (Å²) < 4.78 is 12.6. The van der Waals surface area contributed by atoms with Crippen molar-refractivity contribution >= 4 is 11.6 Å². The van der Waals surface area contributed by atoms with Crippen LogP contribution in [0.1, 0.15) is 17.0 Å². The van der Waals surface area contributed by atoms with Crippen LogP contribution in [0.3, 0.4) is 0 Å². The number of nitriles is 1. The van der Waals surface area contributed by atoms with Crippen LogP contribution >= 0.6 is 0 Å². The van der Waals surface area contributed by atoms with Gasteiger partial charge >= 0.3 is 0 Å². The Morgan fingerprint density at radius 3 is 2.61 bits per heavy atom. The van der Waals surface area contributed by atoms with Gasteiger partial charge in [0.25, 0.3) is 5.91 Å². The number of nitrogens with one attached hydrogen (secondary N) is 1. The van der Waals surface area contributed by atoms with Gasteiger partial charge in [-0.05, 0) is 38.1 Å². The van der Waals surface area contributed by atoms with Crippen molar-refractivity contribution in [3.63, 3.8) is 0 Å². The van der Waals surface area contributed by atoms with E-state index in [2.05, 4.69) is 10.4 Å². The average molecular weight is 376 g/mol. The fourth-order valence-corrected chi connectivity index (χ4v) is 2.82. The maximum Gasteiger partial charge on any atom is 0.262 e. The highest BCUT2D eigenvalue weighted by Gasteiger charge is 2.16.